The van der Waals surface area contributed by atoms with Crippen LogP contribution in [0.4, 0.5) is 19.0 Å². The summed E-state index contributed by atoms with van der Waals surface area (Å²) < 4.78 is 47.1. The molecule has 3 aromatic rings. The second kappa shape index (κ2) is 10.4. The number of carbonyl (C=O) groups excluding carboxylic acids is 1. The van der Waals surface area contributed by atoms with Crippen LogP contribution in [-0.4, -0.2) is 28.0 Å². The molecular weight excluding hydrogens is 457 g/mol. The molecule has 1 unspecified atom stereocenters. The van der Waals surface area contributed by atoms with Crippen molar-refractivity contribution in [3.8, 4) is 16.9 Å². The summed E-state index contributed by atoms with van der Waals surface area (Å²) in [4.78, 5) is 20.6. The van der Waals surface area contributed by atoms with Gasteiger partial charge in [0.15, 0.2) is 0 Å². The number of hydrogen-bond donors (Lipinski definition) is 2. The van der Waals surface area contributed by atoms with Crippen LogP contribution in [0.2, 0.25) is 0 Å². The maximum Gasteiger partial charge on any atom is 0.419 e. The van der Waals surface area contributed by atoms with Crippen molar-refractivity contribution in [2.45, 2.75) is 45.8 Å². The Morgan fingerprint density at radius 3 is 2.43 bits per heavy atom. The van der Waals surface area contributed by atoms with Crippen LogP contribution in [0.15, 0.2) is 54.9 Å². The molecule has 0 radical (unpaired) electrons. The van der Waals surface area contributed by atoms with Crippen LogP contribution >= 0.6 is 0 Å². The number of alkyl halides is 3. The molecule has 186 valence electrons. The van der Waals surface area contributed by atoms with Gasteiger partial charge in [-0.15, -0.1) is 0 Å². The minimum Gasteiger partial charge on any atom is -0.491 e. The molecule has 0 aliphatic carbocycles. The molecule has 2 aromatic heterocycles. The Morgan fingerprint density at radius 2 is 1.80 bits per heavy atom. The van der Waals surface area contributed by atoms with Crippen molar-refractivity contribution in [2.75, 3.05) is 11.9 Å². The van der Waals surface area contributed by atoms with Gasteiger partial charge in [0, 0.05) is 23.6 Å². The lowest BCUT2D eigenvalue weighted by Crippen LogP contribution is -2.43. The molecule has 0 aliphatic rings. The van der Waals surface area contributed by atoms with Crippen LogP contribution in [0.5, 0.6) is 5.75 Å². The van der Waals surface area contributed by atoms with Crippen molar-refractivity contribution >= 4 is 11.7 Å². The van der Waals surface area contributed by atoms with Crippen LogP contribution in [-0.2, 0) is 6.18 Å². The van der Waals surface area contributed by atoms with Crippen molar-refractivity contribution in [3.05, 3.63) is 71.7 Å². The normalized spacial score (nSPS) is 13.4. The fraction of sp³-hybridized carbons (Fsp3) is 0.346. The SMILES string of the molecule is Cc1ccc(C(=O)Nc2cc(-c3ccc(OCC(C)(N)CC(C)C)c(C(F)(F)F)c3)ccn2)cn1. The van der Waals surface area contributed by atoms with Gasteiger partial charge in [-0.1, -0.05) is 19.9 Å². The molecule has 9 heteroatoms. The molecule has 0 saturated heterocycles. The van der Waals surface area contributed by atoms with E-state index in [1.54, 1.807) is 32.0 Å². The zero-order valence-corrected chi connectivity index (χ0v) is 20.1. The maximum absolute atomic E-state index is 13.9. The Bertz CT molecular complexity index is 1180. The van der Waals surface area contributed by atoms with E-state index in [-0.39, 0.29) is 24.1 Å². The van der Waals surface area contributed by atoms with Crippen LogP contribution in [0.1, 0.15) is 48.8 Å². The third kappa shape index (κ3) is 7.26. The molecule has 35 heavy (non-hydrogen) atoms. The molecule has 0 bridgehead atoms. The van der Waals surface area contributed by atoms with E-state index in [1.807, 2.05) is 13.8 Å². The van der Waals surface area contributed by atoms with E-state index in [1.165, 1.54) is 30.6 Å². The monoisotopic (exact) mass is 486 g/mol. The maximum atomic E-state index is 13.9. The summed E-state index contributed by atoms with van der Waals surface area (Å²) in [7, 11) is 0. The number of nitrogens with one attached hydrogen (secondary N) is 1. The lowest BCUT2D eigenvalue weighted by molar-refractivity contribution is -0.139. The number of benzene rings is 1. The fourth-order valence-electron chi connectivity index (χ4n) is 3.76. The average Bonchev–Trinajstić information content (AvgIpc) is 2.77. The Morgan fingerprint density at radius 1 is 1.09 bits per heavy atom. The highest BCUT2D eigenvalue weighted by atomic mass is 19.4. The number of anilines is 1. The van der Waals surface area contributed by atoms with Gasteiger partial charge in [0.2, 0.25) is 0 Å². The summed E-state index contributed by atoms with van der Waals surface area (Å²) in [6.07, 6.45) is -1.16. The predicted molar refractivity (Wildman–Crippen MR) is 129 cm³/mol. The molecule has 2 heterocycles. The second-order valence-corrected chi connectivity index (χ2v) is 9.32. The number of ether oxygens (including phenoxy) is 1. The highest BCUT2D eigenvalue weighted by Crippen LogP contribution is 2.39. The second-order valence-electron chi connectivity index (χ2n) is 9.32. The van der Waals surface area contributed by atoms with Gasteiger partial charge < -0.3 is 15.8 Å². The zero-order valence-electron chi connectivity index (χ0n) is 20.1. The summed E-state index contributed by atoms with van der Waals surface area (Å²) in [5.41, 5.74) is 6.41. The minimum atomic E-state index is -4.63. The van der Waals surface area contributed by atoms with Crippen molar-refractivity contribution < 1.29 is 22.7 Å². The lowest BCUT2D eigenvalue weighted by Gasteiger charge is -2.27. The molecule has 0 saturated carbocycles. The Hall–Kier alpha value is -3.46. The zero-order chi connectivity index (χ0) is 25.8. The summed E-state index contributed by atoms with van der Waals surface area (Å²) in [6.45, 7) is 7.49. The van der Waals surface area contributed by atoms with E-state index in [0.29, 0.717) is 23.1 Å². The lowest BCUT2D eigenvalue weighted by atomic mass is 9.93. The molecule has 3 rings (SSSR count). The number of aromatic nitrogens is 2. The van der Waals surface area contributed by atoms with E-state index in [4.69, 9.17) is 10.5 Å². The molecular formula is C26H29F3N4O2. The number of halogens is 3. The van der Waals surface area contributed by atoms with Gasteiger partial charge in [0.05, 0.1) is 11.1 Å². The highest BCUT2D eigenvalue weighted by molar-refractivity contribution is 6.03. The van der Waals surface area contributed by atoms with Crippen molar-refractivity contribution in [3.63, 3.8) is 0 Å². The smallest absolute Gasteiger partial charge is 0.419 e. The third-order valence-electron chi connectivity index (χ3n) is 5.23. The van der Waals surface area contributed by atoms with E-state index < -0.39 is 23.2 Å². The average molecular weight is 487 g/mol. The molecule has 1 atom stereocenters. The van der Waals surface area contributed by atoms with Gasteiger partial charge in [-0.3, -0.25) is 9.78 Å². The Kier molecular flexibility index (Phi) is 7.80. The van der Waals surface area contributed by atoms with Gasteiger partial charge in [-0.2, -0.15) is 13.2 Å². The van der Waals surface area contributed by atoms with E-state index >= 15 is 0 Å². The van der Waals surface area contributed by atoms with E-state index in [0.717, 1.165) is 11.8 Å². The summed E-state index contributed by atoms with van der Waals surface area (Å²) in [5, 5.41) is 2.65. The largest absolute Gasteiger partial charge is 0.491 e. The standard InChI is InChI=1S/C26H29F3N4O2/c1-16(2)13-25(4,30)15-35-22-8-7-18(11-21(22)26(27,28)29)19-9-10-31-23(12-19)33-24(34)20-6-5-17(3)32-14-20/h5-12,14,16H,13,15,30H2,1-4H3,(H,31,33,34). The summed E-state index contributed by atoms with van der Waals surface area (Å²) in [5.74, 6) is -0.222. The first-order chi connectivity index (χ1) is 16.3. The van der Waals surface area contributed by atoms with Gasteiger partial charge >= 0.3 is 6.18 Å². The number of nitrogens with two attached hydrogens (primary N) is 1. The van der Waals surface area contributed by atoms with E-state index in [2.05, 4.69) is 15.3 Å². The van der Waals surface area contributed by atoms with Gasteiger partial charge in [-0.05, 0) is 73.7 Å². The summed E-state index contributed by atoms with van der Waals surface area (Å²) >= 11 is 0. The van der Waals surface area contributed by atoms with Crippen molar-refractivity contribution in [1.29, 1.82) is 0 Å². The van der Waals surface area contributed by atoms with Crippen molar-refractivity contribution in [1.82, 2.24) is 9.97 Å². The minimum absolute atomic E-state index is 0.0487. The topological polar surface area (TPSA) is 90.1 Å². The number of pyridine rings is 2. The van der Waals surface area contributed by atoms with Crippen LogP contribution in [0, 0.1) is 12.8 Å². The quantitative estimate of drug-likeness (QED) is 0.416. The molecule has 0 fully saturated rings. The molecule has 1 amide bonds. The van der Waals surface area contributed by atoms with Gasteiger partial charge in [-0.25, -0.2) is 4.98 Å². The predicted octanol–water partition coefficient (Wildman–Crippen LogP) is 5.87. The first-order valence-electron chi connectivity index (χ1n) is 11.2. The fourth-order valence-corrected chi connectivity index (χ4v) is 3.76. The first kappa shape index (κ1) is 26.2. The van der Waals surface area contributed by atoms with Crippen LogP contribution < -0.4 is 15.8 Å². The van der Waals surface area contributed by atoms with E-state index in [9.17, 15) is 18.0 Å². The Balaban J connectivity index is 1.84. The van der Waals surface area contributed by atoms with Crippen LogP contribution in [0.3, 0.4) is 0 Å². The molecule has 0 spiro atoms. The molecule has 6 nitrogen and oxygen atoms in total. The highest BCUT2D eigenvalue weighted by Gasteiger charge is 2.35. The van der Waals surface area contributed by atoms with Gasteiger partial charge in [0.25, 0.3) is 5.91 Å². The number of hydrogen-bond acceptors (Lipinski definition) is 5. The summed E-state index contributed by atoms with van der Waals surface area (Å²) in [6, 6.07) is 10.3. The molecule has 1 aromatic carbocycles. The third-order valence-corrected chi connectivity index (χ3v) is 5.23. The Labute approximate surface area is 202 Å². The van der Waals surface area contributed by atoms with Gasteiger partial charge in [0.1, 0.15) is 18.2 Å². The molecule has 0 aliphatic heterocycles. The number of carbonyl (C=O) groups is 1. The number of rotatable bonds is 8. The number of nitrogens with zero attached hydrogens (tertiary/aromatic N) is 2. The van der Waals surface area contributed by atoms with Crippen molar-refractivity contribution in [2.24, 2.45) is 11.7 Å². The molecule has 3 N–H and O–H groups in total. The van der Waals surface area contributed by atoms with Crippen LogP contribution in [0.25, 0.3) is 11.1 Å². The number of amides is 1. The number of aryl methyl sites for hydroxylation is 1. The first-order valence-corrected chi connectivity index (χ1v) is 11.2.